The van der Waals surface area contributed by atoms with E-state index < -0.39 is 26.2 Å². The van der Waals surface area contributed by atoms with E-state index in [9.17, 15) is 0 Å². The Morgan fingerprint density at radius 3 is 1.14 bits per heavy atom. The second-order valence-corrected chi connectivity index (χ2v) is 14.4. The minimum Gasteiger partial charge on any atom is -0.393 e. The summed E-state index contributed by atoms with van der Waals surface area (Å²) in [6.07, 6.45) is 1.00. The van der Waals surface area contributed by atoms with Crippen LogP contribution in [0.3, 0.4) is 0 Å². The van der Waals surface area contributed by atoms with Crippen LogP contribution in [0.4, 0.5) is 0 Å². The number of hydrogen-bond donors (Lipinski definition) is 2. The van der Waals surface area contributed by atoms with Crippen molar-refractivity contribution in [3.63, 3.8) is 0 Å². The first-order valence-corrected chi connectivity index (χ1v) is 13.4. The maximum atomic E-state index is 6.17. The molecular weight excluding hydrogens is 328 g/mol. The van der Waals surface area contributed by atoms with Gasteiger partial charge in [-0.2, -0.15) is 0 Å². The maximum Gasteiger partial charge on any atom is 0.506 e. The molecule has 0 aliphatic heterocycles. The number of nitrogens with one attached hydrogen (secondary N) is 2. The fourth-order valence-electron chi connectivity index (χ4n) is 1.90. The van der Waals surface area contributed by atoms with Gasteiger partial charge in [0.15, 0.2) is 0 Å². The lowest BCUT2D eigenvalue weighted by molar-refractivity contribution is 0.115. The van der Waals surface area contributed by atoms with Crippen molar-refractivity contribution >= 4 is 26.2 Å². The molecule has 0 radical (unpaired) electrons. The van der Waals surface area contributed by atoms with E-state index in [1.54, 1.807) is 28.4 Å². The largest absolute Gasteiger partial charge is 0.506 e. The van der Waals surface area contributed by atoms with Crippen LogP contribution in [0.1, 0.15) is 0 Å². The Labute approximate surface area is 131 Å². The zero-order chi connectivity index (χ0) is 16.6. The van der Waals surface area contributed by atoms with Crippen molar-refractivity contribution in [2.45, 2.75) is 13.1 Å². The van der Waals surface area contributed by atoms with E-state index in [0.717, 1.165) is 0 Å². The van der Waals surface area contributed by atoms with Crippen molar-refractivity contribution < 1.29 is 25.9 Å². The third kappa shape index (κ3) is 6.54. The van der Waals surface area contributed by atoms with Crippen LogP contribution in [-0.4, -0.2) is 81.0 Å². The van der Waals surface area contributed by atoms with E-state index in [2.05, 4.69) is 10.6 Å². The van der Waals surface area contributed by atoms with Gasteiger partial charge in [0.05, 0.1) is 12.3 Å². The molecule has 8 nitrogen and oxygen atoms in total. The van der Waals surface area contributed by atoms with E-state index in [0.29, 0.717) is 12.3 Å². The van der Waals surface area contributed by atoms with Crippen LogP contribution in [0.25, 0.3) is 0 Å². The molecule has 21 heavy (non-hydrogen) atoms. The Hall–Kier alpha value is 0.331. The van der Waals surface area contributed by atoms with Gasteiger partial charge in [-0.15, -0.1) is 0 Å². The topological polar surface area (TPSA) is 79.4 Å². The molecule has 0 amide bonds. The molecule has 0 atom stereocenters. The van der Waals surface area contributed by atoms with Crippen molar-refractivity contribution in [3.8, 4) is 0 Å². The number of rotatable bonds is 12. The Morgan fingerprint density at radius 1 is 0.667 bits per heavy atom. The molecule has 0 saturated carbocycles. The smallest absolute Gasteiger partial charge is 0.393 e. The molecule has 0 spiro atoms. The zero-order valence-corrected chi connectivity index (χ0v) is 17.4. The highest BCUT2D eigenvalue weighted by molar-refractivity contribution is 6.82. The van der Waals surface area contributed by atoms with E-state index in [-0.39, 0.29) is 0 Å². The van der Waals surface area contributed by atoms with Crippen molar-refractivity contribution in [2.24, 2.45) is 0 Å². The van der Waals surface area contributed by atoms with Gasteiger partial charge in [0.2, 0.25) is 0 Å². The second-order valence-electron chi connectivity index (χ2n) is 4.85. The van der Waals surface area contributed by atoms with Crippen LogP contribution in [0.15, 0.2) is 0 Å². The van der Waals surface area contributed by atoms with Gasteiger partial charge in [0.1, 0.15) is 0 Å². The molecular formula is C10H30N2O6Si3. The lowest BCUT2D eigenvalue weighted by atomic mass is 11.3. The van der Waals surface area contributed by atoms with E-state index in [1.165, 1.54) is 0 Å². The molecule has 0 aromatic rings. The highest BCUT2D eigenvalue weighted by atomic mass is 28.5. The molecule has 0 aromatic heterocycles. The van der Waals surface area contributed by atoms with Crippen LogP contribution in [0.2, 0.25) is 13.1 Å². The predicted molar refractivity (Wildman–Crippen MR) is 87.0 cm³/mol. The Morgan fingerprint density at radius 2 is 0.952 bits per heavy atom. The molecule has 0 aromatic carbocycles. The van der Waals surface area contributed by atoms with Crippen molar-refractivity contribution in [2.75, 3.05) is 54.9 Å². The average Bonchev–Trinajstić information content (AvgIpc) is 2.45. The minimum atomic E-state index is -2.81. The standard InChI is InChI=1S/C10H30N2O6Si3/c1-11-9-20(13-3,14-4)17-19(7,8)18-21(15-5,16-6)10-12-2/h11-12H,9-10H2,1-8H3. The highest BCUT2D eigenvalue weighted by Crippen LogP contribution is 2.21. The second kappa shape index (κ2) is 9.47. The SMILES string of the molecule is CNC[Si](OC)(OC)O[Si](C)(C)O[Si](CNC)(OC)OC. The van der Waals surface area contributed by atoms with Crippen LogP contribution < -0.4 is 10.6 Å². The highest BCUT2D eigenvalue weighted by Gasteiger charge is 2.51. The van der Waals surface area contributed by atoms with Crippen molar-refractivity contribution in [3.05, 3.63) is 0 Å². The molecule has 2 N–H and O–H groups in total. The van der Waals surface area contributed by atoms with Crippen molar-refractivity contribution in [1.82, 2.24) is 10.6 Å². The molecule has 0 aliphatic carbocycles. The van der Waals surface area contributed by atoms with Gasteiger partial charge in [-0.1, -0.05) is 0 Å². The first kappa shape index (κ1) is 21.3. The van der Waals surface area contributed by atoms with Gasteiger partial charge in [-0.25, -0.2) is 0 Å². The van der Waals surface area contributed by atoms with E-state index >= 15 is 0 Å². The average molecular weight is 359 g/mol. The lowest BCUT2D eigenvalue weighted by Crippen LogP contribution is -2.64. The molecule has 0 fully saturated rings. The van der Waals surface area contributed by atoms with Gasteiger partial charge in [0.25, 0.3) is 0 Å². The van der Waals surface area contributed by atoms with Gasteiger partial charge < -0.3 is 36.6 Å². The van der Waals surface area contributed by atoms with Crippen LogP contribution in [0.5, 0.6) is 0 Å². The van der Waals surface area contributed by atoms with E-state index in [1.807, 2.05) is 27.2 Å². The normalized spacial score (nSPS) is 13.7. The van der Waals surface area contributed by atoms with Gasteiger partial charge >= 0.3 is 26.2 Å². The Balaban J connectivity index is 5.08. The summed E-state index contributed by atoms with van der Waals surface area (Å²) in [5, 5.41) is 6.08. The maximum absolute atomic E-state index is 6.17. The molecule has 0 saturated heterocycles. The summed E-state index contributed by atoms with van der Waals surface area (Å²) in [5.41, 5.74) is 0. The Bertz CT molecular complexity index is 264. The van der Waals surface area contributed by atoms with Gasteiger partial charge in [0, 0.05) is 28.4 Å². The number of hydrogen-bond acceptors (Lipinski definition) is 8. The molecule has 0 unspecified atom stereocenters. The minimum absolute atomic E-state index is 0.500. The summed E-state index contributed by atoms with van der Waals surface area (Å²) in [6.45, 7) is 3.86. The third-order valence-corrected chi connectivity index (χ3v) is 13.3. The summed E-state index contributed by atoms with van der Waals surface area (Å²) in [4.78, 5) is 0. The molecule has 0 aliphatic rings. The summed E-state index contributed by atoms with van der Waals surface area (Å²) >= 11 is 0. The first-order valence-electron chi connectivity index (χ1n) is 6.68. The first-order chi connectivity index (χ1) is 9.78. The van der Waals surface area contributed by atoms with Crippen LogP contribution in [-0.2, 0) is 25.9 Å². The molecule has 11 heteroatoms. The monoisotopic (exact) mass is 358 g/mol. The van der Waals surface area contributed by atoms with Crippen LogP contribution >= 0.6 is 0 Å². The molecule has 0 rings (SSSR count). The fourth-order valence-corrected chi connectivity index (χ4v) is 12.1. The molecule has 128 valence electrons. The zero-order valence-electron chi connectivity index (χ0n) is 14.4. The summed E-state index contributed by atoms with van der Waals surface area (Å²) in [6, 6.07) is 0. The van der Waals surface area contributed by atoms with Gasteiger partial charge in [-0.3, -0.25) is 0 Å². The van der Waals surface area contributed by atoms with Crippen LogP contribution in [0, 0.1) is 0 Å². The quantitative estimate of drug-likeness (QED) is 0.461. The summed E-state index contributed by atoms with van der Waals surface area (Å²) < 4.78 is 34.4. The fraction of sp³-hybridized carbons (Fsp3) is 1.00. The van der Waals surface area contributed by atoms with Crippen molar-refractivity contribution in [1.29, 1.82) is 0 Å². The van der Waals surface area contributed by atoms with Gasteiger partial charge in [-0.05, 0) is 27.2 Å². The predicted octanol–water partition coefficient (Wildman–Crippen LogP) is -0.298. The summed E-state index contributed by atoms with van der Waals surface area (Å²) in [7, 11) is 1.78. The molecule has 0 heterocycles. The lowest BCUT2D eigenvalue weighted by Gasteiger charge is -2.38. The Kier molecular flexibility index (Phi) is 9.61. The van der Waals surface area contributed by atoms with E-state index in [4.69, 9.17) is 25.9 Å². The summed E-state index contributed by atoms with van der Waals surface area (Å²) in [5.74, 6) is 0. The third-order valence-electron chi connectivity index (χ3n) is 2.83. The molecule has 0 bridgehead atoms.